The maximum absolute atomic E-state index is 14.0. The number of nitrogens with one attached hydrogen (secondary N) is 3. The quantitative estimate of drug-likeness (QED) is 0.499. The number of rotatable bonds is 6. The lowest BCUT2D eigenvalue weighted by molar-refractivity contribution is 0.0929. The van der Waals surface area contributed by atoms with E-state index in [0.717, 1.165) is 56.5 Å². The average molecular weight is 450 g/mol. The average Bonchev–Trinajstić information content (AvgIpc) is 3.48. The van der Waals surface area contributed by atoms with Gasteiger partial charge in [-0.15, -0.1) is 0 Å². The van der Waals surface area contributed by atoms with Gasteiger partial charge in [0.1, 0.15) is 5.65 Å². The Morgan fingerprint density at radius 2 is 1.88 bits per heavy atom. The number of pyridine rings is 1. The predicted octanol–water partition coefficient (Wildman–Crippen LogP) is 3.94. The third-order valence-corrected chi connectivity index (χ3v) is 7.14. The predicted molar refractivity (Wildman–Crippen MR) is 127 cm³/mol. The summed E-state index contributed by atoms with van der Waals surface area (Å²) >= 11 is 0. The molecule has 1 aliphatic heterocycles. The zero-order valence-electron chi connectivity index (χ0n) is 19.1. The van der Waals surface area contributed by atoms with Crippen LogP contribution in [0.25, 0.3) is 5.65 Å². The van der Waals surface area contributed by atoms with E-state index in [9.17, 15) is 9.18 Å². The first-order valence-corrected chi connectivity index (χ1v) is 12.1. The van der Waals surface area contributed by atoms with E-state index in [4.69, 9.17) is 0 Å². The number of imidazole rings is 1. The number of hydrogen-bond acceptors (Lipinski definition) is 4. The minimum absolute atomic E-state index is 0.0251. The van der Waals surface area contributed by atoms with Crippen molar-refractivity contribution in [1.82, 2.24) is 25.3 Å². The lowest BCUT2D eigenvalue weighted by Crippen LogP contribution is -2.42. The van der Waals surface area contributed by atoms with E-state index >= 15 is 0 Å². The highest BCUT2D eigenvalue weighted by atomic mass is 19.1. The van der Waals surface area contributed by atoms with Crippen molar-refractivity contribution in [3.8, 4) is 0 Å². The van der Waals surface area contributed by atoms with Gasteiger partial charge in [-0.05, 0) is 87.9 Å². The first-order chi connectivity index (χ1) is 16.1. The Labute approximate surface area is 194 Å². The lowest BCUT2D eigenvalue weighted by atomic mass is 9.96. The van der Waals surface area contributed by atoms with Gasteiger partial charge in [0, 0.05) is 29.9 Å². The molecule has 7 heteroatoms. The molecular weight excluding hydrogens is 417 g/mol. The fourth-order valence-corrected chi connectivity index (χ4v) is 5.22. The molecule has 1 aliphatic carbocycles. The fourth-order valence-electron chi connectivity index (χ4n) is 5.22. The molecule has 2 aliphatic rings. The van der Waals surface area contributed by atoms with Crippen LogP contribution in [0.3, 0.4) is 0 Å². The zero-order chi connectivity index (χ0) is 22.8. The summed E-state index contributed by atoms with van der Waals surface area (Å²) in [6, 6.07) is 13.8. The van der Waals surface area contributed by atoms with E-state index in [2.05, 4.69) is 40.0 Å². The third-order valence-electron chi connectivity index (χ3n) is 7.14. The summed E-state index contributed by atoms with van der Waals surface area (Å²) in [4.78, 5) is 17.1. The van der Waals surface area contributed by atoms with E-state index in [1.54, 1.807) is 12.3 Å². The van der Waals surface area contributed by atoms with Crippen LogP contribution in [0.1, 0.15) is 72.6 Å². The summed E-state index contributed by atoms with van der Waals surface area (Å²) < 4.78 is 15.5. The number of carbonyl (C=O) groups is 1. The third kappa shape index (κ3) is 4.94. The second-order valence-electron chi connectivity index (χ2n) is 9.46. The van der Waals surface area contributed by atoms with E-state index < -0.39 is 0 Å². The molecule has 3 heterocycles. The van der Waals surface area contributed by atoms with E-state index in [1.165, 1.54) is 16.0 Å². The van der Waals surface area contributed by atoms with Crippen LogP contribution < -0.4 is 16.0 Å². The van der Waals surface area contributed by atoms with Gasteiger partial charge in [-0.2, -0.15) is 4.39 Å². The van der Waals surface area contributed by atoms with Crippen LogP contribution in [0.4, 0.5) is 4.39 Å². The molecule has 1 saturated carbocycles. The van der Waals surface area contributed by atoms with Gasteiger partial charge in [0.25, 0.3) is 5.91 Å². The summed E-state index contributed by atoms with van der Waals surface area (Å²) in [5.41, 5.74) is 3.51. The van der Waals surface area contributed by atoms with Crippen molar-refractivity contribution in [2.24, 2.45) is 0 Å². The second kappa shape index (κ2) is 9.61. The van der Waals surface area contributed by atoms with Crippen molar-refractivity contribution in [2.45, 2.75) is 63.1 Å². The molecule has 33 heavy (non-hydrogen) atoms. The van der Waals surface area contributed by atoms with Gasteiger partial charge in [0.2, 0.25) is 0 Å². The smallest absolute Gasteiger partial charge is 0.251 e. The van der Waals surface area contributed by atoms with Crippen LogP contribution in [-0.2, 0) is 0 Å². The highest BCUT2D eigenvalue weighted by molar-refractivity contribution is 5.94. The molecule has 2 fully saturated rings. The normalized spacial score (nSPS) is 22.5. The zero-order valence-corrected chi connectivity index (χ0v) is 19.1. The number of carbonyl (C=O) groups excluding carboxylic acids is 1. The Bertz CT molecular complexity index is 1110. The topological polar surface area (TPSA) is 70.5 Å². The largest absolute Gasteiger partial charge is 0.349 e. The summed E-state index contributed by atoms with van der Waals surface area (Å²) in [6.45, 7) is 4.02. The maximum atomic E-state index is 14.0. The molecule has 3 atom stereocenters. The minimum Gasteiger partial charge on any atom is -0.349 e. The monoisotopic (exact) mass is 449 g/mol. The van der Waals surface area contributed by atoms with Crippen LogP contribution >= 0.6 is 0 Å². The Hall–Kier alpha value is -2.77. The molecule has 0 bridgehead atoms. The summed E-state index contributed by atoms with van der Waals surface area (Å²) in [7, 11) is 0. The number of aromatic nitrogens is 2. The Kier molecular flexibility index (Phi) is 6.42. The van der Waals surface area contributed by atoms with Crippen LogP contribution in [-0.4, -0.2) is 40.5 Å². The molecular formula is C26H32FN5O. The number of piperidine rings is 1. The molecule has 6 nitrogen and oxygen atoms in total. The molecule has 0 radical (unpaired) electrons. The van der Waals surface area contributed by atoms with Crippen molar-refractivity contribution < 1.29 is 9.18 Å². The number of benzene rings is 1. The molecule has 1 saturated heterocycles. The highest BCUT2D eigenvalue weighted by Gasteiger charge is 2.28. The highest BCUT2D eigenvalue weighted by Crippen LogP contribution is 2.35. The molecule has 3 N–H and O–H groups in total. The molecule has 1 aromatic carbocycles. The molecule has 5 rings (SSSR count). The fraction of sp³-hybridized carbons (Fsp3) is 0.462. The first kappa shape index (κ1) is 22.0. The van der Waals surface area contributed by atoms with Crippen LogP contribution in [0, 0.1) is 5.95 Å². The lowest BCUT2D eigenvalue weighted by Gasteiger charge is -2.23. The first-order valence-electron chi connectivity index (χ1n) is 12.1. The van der Waals surface area contributed by atoms with Crippen LogP contribution in [0.15, 0.2) is 48.7 Å². The van der Waals surface area contributed by atoms with Crippen molar-refractivity contribution in [1.29, 1.82) is 0 Å². The molecule has 2 aromatic heterocycles. The van der Waals surface area contributed by atoms with E-state index in [-0.39, 0.29) is 23.9 Å². The Balaban J connectivity index is 1.16. The molecule has 174 valence electrons. The van der Waals surface area contributed by atoms with E-state index in [0.29, 0.717) is 17.6 Å². The van der Waals surface area contributed by atoms with Gasteiger partial charge >= 0.3 is 0 Å². The van der Waals surface area contributed by atoms with Gasteiger partial charge in [-0.3, -0.25) is 9.20 Å². The molecule has 1 amide bonds. The van der Waals surface area contributed by atoms with Gasteiger partial charge in [0.05, 0.1) is 5.69 Å². The van der Waals surface area contributed by atoms with Crippen molar-refractivity contribution >= 4 is 11.6 Å². The number of halogens is 1. The van der Waals surface area contributed by atoms with Crippen LogP contribution in [0.2, 0.25) is 0 Å². The maximum Gasteiger partial charge on any atom is 0.251 e. The Morgan fingerprint density at radius 1 is 1.09 bits per heavy atom. The van der Waals surface area contributed by atoms with E-state index in [1.807, 2.05) is 18.2 Å². The van der Waals surface area contributed by atoms with Gasteiger partial charge in [0.15, 0.2) is 5.95 Å². The summed E-state index contributed by atoms with van der Waals surface area (Å²) in [6.07, 6.45) is 7.01. The molecule has 1 unspecified atom stereocenters. The Morgan fingerprint density at radius 3 is 2.64 bits per heavy atom. The van der Waals surface area contributed by atoms with Crippen molar-refractivity contribution in [3.63, 3.8) is 0 Å². The summed E-state index contributed by atoms with van der Waals surface area (Å²) in [5, 5.41) is 10.2. The van der Waals surface area contributed by atoms with Gasteiger partial charge in [-0.25, -0.2) is 4.98 Å². The minimum atomic E-state index is -0.299. The molecule has 0 spiro atoms. The number of amides is 1. The summed E-state index contributed by atoms with van der Waals surface area (Å²) in [5.74, 6) is 0.208. The van der Waals surface area contributed by atoms with Gasteiger partial charge < -0.3 is 16.0 Å². The number of fused-ring (bicyclic) bond motifs is 1. The number of hydrogen-bond donors (Lipinski definition) is 3. The van der Waals surface area contributed by atoms with Crippen LogP contribution in [0.5, 0.6) is 0 Å². The standard InChI is InChI=1S/C26H32FN5O/c1-17(23-16-32-24(27)3-2-4-25(32)31-23)29-22-10-9-20(15-22)18-5-7-19(8-6-18)26(33)30-21-11-13-28-14-12-21/h2-8,16-17,20-22,28-29H,9-15H2,1H3,(H,30,33)/t17-,20?,22+/m1/s1. The van der Waals surface area contributed by atoms with Crippen molar-refractivity contribution in [2.75, 3.05) is 13.1 Å². The number of nitrogens with zero attached hydrogens (tertiary/aromatic N) is 2. The molecule has 3 aromatic rings. The second-order valence-corrected chi connectivity index (χ2v) is 9.46. The SMILES string of the molecule is C[C@@H](N[C@H]1CCC(c2ccc(C(=O)NC3CCNCC3)cc2)C1)c1cn2c(F)cccc2n1. The van der Waals surface area contributed by atoms with Gasteiger partial charge in [-0.1, -0.05) is 18.2 Å². The van der Waals surface area contributed by atoms with Crippen molar-refractivity contribution in [3.05, 3.63) is 71.4 Å².